The summed E-state index contributed by atoms with van der Waals surface area (Å²) in [4.78, 5) is 6.71. The van der Waals surface area contributed by atoms with E-state index >= 15 is 0 Å². The van der Waals surface area contributed by atoms with Crippen LogP contribution in [0.3, 0.4) is 0 Å². The summed E-state index contributed by atoms with van der Waals surface area (Å²) in [6.07, 6.45) is 5.11. The molecular weight excluding hydrogens is 256 g/mol. The van der Waals surface area contributed by atoms with Gasteiger partial charge >= 0.3 is 0 Å². The Bertz CT molecular complexity index is 415. The normalized spacial score (nSPS) is 23.8. The number of hydrogen-bond acceptors (Lipinski definition) is 5. The van der Waals surface area contributed by atoms with Gasteiger partial charge in [-0.15, -0.1) is 0 Å². The highest BCUT2D eigenvalue weighted by molar-refractivity contribution is 5.46. The Morgan fingerprint density at radius 3 is 2.95 bits per heavy atom. The van der Waals surface area contributed by atoms with Crippen LogP contribution in [0.2, 0.25) is 0 Å². The first-order valence-corrected chi connectivity index (χ1v) is 7.43. The van der Waals surface area contributed by atoms with Gasteiger partial charge in [-0.25, -0.2) is 0 Å². The summed E-state index contributed by atoms with van der Waals surface area (Å²) in [6.45, 7) is 4.80. The van der Waals surface area contributed by atoms with Crippen molar-refractivity contribution in [3.05, 3.63) is 24.0 Å². The Balaban J connectivity index is 1.56. The van der Waals surface area contributed by atoms with E-state index in [-0.39, 0.29) is 6.29 Å². The van der Waals surface area contributed by atoms with Gasteiger partial charge in [0, 0.05) is 31.6 Å². The van der Waals surface area contributed by atoms with Crippen molar-refractivity contribution in [2.45, 2.75) is 32.2 Å². The van der Waals surface area contributed by atoms with Crippen molar-refractivity contribution in [3.63, 3.8) is 0 Å². The van der Waals surface area contributed by atoms with Gasteiger partial charge in [0.2, 0.25) is 0 Å². The summed E-state index contributed by atoms with van der Waals surface area (Å²) < 4.78 is 16.7. The molecule has 0 aromatic carbocycles. The summed E-state index contributed by atoms with van der Waals surface area (Å²) >= 11 is 0. The van der Waals surface area contributed by atoms with E-state index in [0.29, 0.717) is 6.61 Å². The van der Waals surface area contributed by atoms with Gasteiger partial charge in [0.25, 0.3) is 0 Å². The van der Waals surface area contributed by atoms with Crippen molar-refractivity contribution in [2.75, 3.05) is 37.8 Å². The number of nitrogens with zero attached hydrogens (tertiary/aromatic N) is 2. The molecule has 3 heterocycles. The van der Waals surface area contributed by atoms with E-state index in [4.69, 9.17) is 14.2 Å². The average molecular weight is 278 g/mol. The van der Waals surface area contributed by atoms with Crippen LogP contribution in [0.25, 0.3) is 0 Å². The van der Waals surface area contributed by atoms with Gasteiger partial charge < -0.3 is 19.1 Å². The van der Waals surface area contributed by atoms with Crippen LogP contribution in [0.1, 0.15) is 25.0 Å². The summed E-state index contributed by atoms with van der Waals surface area (Å²) in [5, 5.41) is 0. The molecular formula is C15H22N2O3. The van der Waals surface area contributed by atoms with Crippen LogP contribution in [0.5, 0.6) is 0 Å². The molecule has 0 spiro atoms. The monoisotopic (exact) mass is 278 g/mol. The maximum Gasteiger partial charge on any atom is 0.158 e. The highest BCUT2D eigenvalue weighted by Crippen LogP contribution is 2.18. The molecule has 0 radical (unpaired) electrons. The molecule has 2 aliphatic rings. The Hall–Kier alpha value is -1.17. The molecule has 2 aliphatic heterocycles. The van der Waals surface area contributed by atoms with E-state index in [1.807, 2.05) is 12.3 Å². The number of pyridine rings is 1. The maximum absolute atomic E-state index is 5.78. The van der Waals surface area contributed by atoms with Crippen LogP contribution in [-0.2, 0) is 20.8 Å². The maximum atomic E-state index is 5.78. The molecule has 0 saturated carbocycles. The van der Waals surface area contributed by atoms with E-state index < -0.39 is 0 Å². The van der Waals surface area contributed by atoms with E-state index in [1.54, 1.807) is 0 Å². The zero-order valence-corrected chi connectivity index (χ0v) is 11.8. The largest absolute Gasteiger partial charge is 0.378 e. The molecule has 20 heavy (non-hydrogen) atoms. The second kappa shape index (κ2) is 7.02. The van der Waals surface area contributed by atoms with Crippen molar-refractivity contribution >= 4 is 5.69 Å². The lowest BCUT2D eigenvalue weighted by Crippen LogP contribution is -2.36. The molecule has 3 rings (SSSR count). The summed E-state index contributed by atoms with van der Waals surface area (Å²) in [5.41, 5.74) is 2.16. The van der Waals surface area contributed by atoms with Crippen molar-refractivity contribution in [1.29, 1.82) is 0 Å². The van der Waals surface area contributed by atoms with Crippen LogP contribution in [0.4, 0.5) is 5.69 Å². The first kappa shape index (κ1) is 13.8. The Labute approximate surface area is 119 Å². The standard InChI is InChI=1S/C15H22N2O3/c1-2-8-19-15(3-1)20-12-13-11-14(4-5-16-13)17-6-9-18-10-7-17/h4-5,11,15H,1-3,6-10,12H2. The highest BCUT2D eigenvalue weighted by Gasteiger charge is 2.15. The molecule has 0 aliphatic carbocycles. The zero-order valence-electron chi connectivity index (χ0n) is 11.8. The lowest BCUT2D eigenvalue weighted by Gasteiger charge is -2.29. The van der Waals surface area contributed by atoms with Gasteiger partial charge in [-0.05, 0) is 31.4 Å². The quantitative estimate of drug-likeness (QED) is 0.842. The fourth-order valence-electron chi connectivity index (χ4n) is 2.58. The number of rotatable bonds is 4. The van der Waals surface area contributed by atoms with E-state index in [0.717, 1.165) is 51.4 Å². The second-order valence-corrected chi connectivity index (χ2v) is 5.21. The third-order valence-corrected chi connectivity index (χ3v) is 3.73. The smallest absolute Gasteiger partial charge is 0.158 e. The van der Waals surface area contributed by atoms with E-state index in [2.05, 4.69) is 16.0 Å². The van der Waals surface area contributed by atoms with Gasteiger partial charge in [-0.1, -0.05) is 0 Å². The molecule has 2 fully saturated rings. The van der Waals surface area contributed by atoms with Gasteiger partial charge in [0.15, 0.2) is 6.29 Å². The average Bonchev–Trinajstić information content (AvgIpc) is 2.55. The highest BCUT2D eigenvalue weighted by atomic mass is 16.7. The Kier molecular flexibility index (Phi) is 4.84. The van der Waals surface area contributed by atoms with Gasteiger partial charge in [-0.3, -0.25) is 4.98 Å². The number of aromatic nitrogens is 1. The zero-order chi connectivity index (χ0) is 13.6. The summed E-state index contributed by atoms with van der Waals surface area (Å²) in [5.74, 6) is 0. The minimum absolute atomic E-state index is 0.0578. The SMILES string of the molecule is c1cc(N2CCOCC2)cc(COC2CCCCO2)n1. The lowest BCUT2D eigenvalue weighted by molar-refractivity contribution is -0.169. The minimum Gasteiger partial charge on any atom is -0.378 e. The lowest BCUT2D eigenvalue weighted by atomic mass is 10.2. The molecule has 1 unspecified atom stereocenters. The number of hydrogen-bond donors (Lipinski definition) is 0. The fourth-order valence-corrected chi connectivity index (χ4v) is 2.58. The molecule has 0 amide bonds. The minimum atomic E-state index is -0.0578. The van der Waals surface area contributed by atoms with Gasteiger partial charge in [-0.2, -0.15) is 0 Å². The van der Waals surface area contributed by atoms with Crippen molar-refractivity contribution in [3.8, 4) is 0 Å². The van der Waals surface area contributed by atoms with Crippen LogP contribution in [-0.4, -0.2) is 44.2 Å². The predicted molar refractivity (Wildman–Crippen MR) is 75.6 cm³/mol. The van der Waals surface area contributed by atoms with Gasteiger partial charge in [0.05, 0.1) is 25.5 Å². The molecule has 5 heteroatoms. The van der Waals surface area contributed by atoms with E-state index in [9.17, 15) is 0 Å². The predicted octanol–water partition coefficient (Wildman–Crippen LogP) is 1.96. The second-order valence-electron chi connectivity index (χ2n) is 5.21. The number of ether oxygens (including phenoxy) is 3. The Morgan fingerprint density at radius 2 is 2.15 bits per heavy atom. The van der Waals surface area contributed by atoms with Crippen LogP contribution >= 0.6 is 0 Å². The van der Waals surface area contributed by atoms with Gasteiger partial charge in [0.1, 0.15) is 0 Å². The first-order valence-electron chi connectivity index (χ1n) is 7.43. The molecule has 0 bridgehead atoms. The van der Waals surface area contributed by atoms with Crippen molar-refractivity contribution in [2.24, 2.45) is 0 Å². The fraction of sp³-hybridized carbons (Fsp3) is 0.667. The first-order chi connectivity index (χ1) is 9.92. The molecule has 110 valence electrons. The topological polar surface area (TPSA) is 43.8 Å². The van der Waals surface area contributed by atoms with Crippen molar-refractivity contribution < 1.29 is 14.2 Å². The molecule has 1 aromatic rings. The molecule has 2 saturated heterocycles. The third-order valence-electron chi connectivity index (χ3n) is 3.73. The van der Waals surface area contributed by atoms with Crippen LogP contribution in [0.15, 0.2) is 18.3 Å². The Morgan fingerprint density at radius 1 is 1.25 bits per heavy atom. The van der Waals surface area contributed by atoms with Crippen LogP contribution < -0.4 is 4.90 Å². The third kappa shape index (κ3) is 3.69. The summed E-state index contributed by atoms with van der Waals surface area (Å²) in [6, 6.07) is 4.15. The van der Waals surface area contributed by atoms with Crippen molar-refractivity contribution in [1.82, 2.24) is 4.98 Å². The molecule has 0 N–H and O–H groups in total. The molecule has 5 nitrogen and oxygen atoms in total. The number of morpholine rings is 1. The molecule has 1 aromatic heterocycles. The summed E-state index contributed by atoms with van der Waals surface area (Å²) in [7, 11) is 0. The number of anilines is 1. The molecule has 1 atom stereocenters. The van der Waals surface area contributed by atoms with Crippen LogP contribution in [0, 0.1) is 0 Å². The van der Waals surface area contributed by atoms with E-state index in [1.165, 1.54) is 12.1 Å².